The van der Waals surface area contributed by atoms with E-state index in [2.05, 4.69) is 36.4 Å². The molecule has 3 aliphatic rings. The molecule has 0 amide bonds. The first kappa shape index (κ1) is 22.0. The average molecular weight is 477 g/mol. The van der Waals surface area contributed by atoms with Gasteiger partial charge in [0.05, 0.1) is 11.4 Å². The van der Waals surface area contributed by atoms with Gasteiger partial charge in [-0.05, 0) is 69.1 Å². The Morgan fingerprint density at radius 3 is 2.54 bits per heavy atom. The number of hydrogen-bond donors (Lipinski definition) is 3. The van der Waals surface area contributed by atoms with Crippen LogP contribution in [0.15, 0.2) is 36.5 Å². The van der Waals surface area contributed by atoms with Gasteiger partial charge in [0.15, 0.2) is 5.82 Å². The van der Waals surface area contributed by atoms with Gasteiger partial charge in [0, 0.05) is 48.5 Å². The first-order valence-electron chi connectivity index (χ1n) is 12.3. The molecule has 10 heteroatoms. The highest BCUT2D eigenvalue weighted by Crippen LogP contribution is 2.38. The molecular formula is C25H29FN8O. The molecule has 1 aromatic carbocycles. The second-order valence-corrected chi connectivity index (χ2v) is 9.66. The second kappa shape index (κ2) is 8.92. The normalized spacial score (nSPS) is 22.5. The number of halogens is 1. The number of nitrogen functional groups attached to an aromatic ring is 1. The van der Waals surface area contributed by atoms with Gasteiger partial charge in [-0.2, -0.15) is 0 Å². The predicted molar refractivity (Wildman–Crippen MR) is 132 cm³/mol. The first-order chi connectivity index (χ1) is 17.1. The summed E-state index contributed by atoms with van der Waals surface area (Å²) in [6.07, 6.45) is 6.22. The molecule has 6 rings (SSSR count). The summed E-state index contributed by atoms with van der Waals surface area (Å²) in [7, 11) is 0. The molecule has 9 nitrogen and oxygen atoms in total. The molecule has 0 aliphatic carbocycles. The van der Waals surface area contributed by atoms with Crippen molar-refractivity contribution in [3.05, 3.63) is 48.0 Å². The molecule has 3 aliphatic heterocycles. The van der Waals surface area contributed by atoms with E-state index in [4.69, 9.17) is 10.7 Å². The third kappa shape index (κ3) is 4.12. The van der Waals surface area contributed by atoms with Gasteiger partial charge in [-0.25, -0.2) is 14.4 Å². The number of aromatic nitrogens is 4. The lowest BCUT2D eigenvalue weighted by Gasteiger charge is -2.42. The Labute approximate surface area is 203 Å². The summed E-state index contributed by atoms with van der Waals surface area (Å²) < 4.78 is 13.8. The number of nitrogens with zero attached hydrogens (tertiary/aromatic N) is 6. The van der Waals surface area contributed by atoms with E-state index in [1.165, 1.54) is 18.2 Å². The lowest BCUT2D eigenvalue weighted by molar-refractivity contribution is 0.451. The van der Waals surface area contributed by atoms with Crippen molar-refractivity contribution in [1.29, 1.82) is 0 Å². The highest BCUT2D eigenvalue weighted by atomic mass is 19.1. The molecular weight excluding hydrogens is 447 g/mol. The fourth-order valence-electron chi connectivity index (χ4n) is 5.75. The minimum absolute atomic E-state index is 0.0490. The molecule has 2 bridgehead atoms. The Hall–Kier alpha value is -3.53. The van der Waals surface area contributed by atoms with Crippen molar-refractivity contribution in [3.63, 3.8) is 0 Å². The number of rotatable bonds is 4. The molecule has 5 heterocycles. The molecule has 0 radical (unpaired) electrons. The monoisotopic (exact) mass is 476 g/mol. The number of benzene rings is 1. The highest BCUT2D eigenvalue weighted by Gasteiger charge is 2.42. The van der Waals surface area contributed by atoms with Gasteiger partial charge in [0.25, 0.3) is 0 Å². The van der Waals surface area contributed by atoms with Gasteiger partial charge in [-0.15, -0.1) is 10.2 Å². The smallest absolute Gasteiger partial charge is 0.226 e. The largest absolute Gasteiger partial charge is 0.507 e. The van der Waals surface area contributed by atoms with Crippen LogP contribution in [-0.4, -0.2) is 63.5 Å². The summed E-state index contributed by atoms with van der Waals surface area (Å²) in [5.74, 6) is 1.13. The van der Waals surface area contributed by atoms with E-state index in [0.29, 0.717) is 23.0 Å². The van der Waals surface area contributed by atoms with Crippen LogP contribution in [-0.2, 0) is 0 Å². The third-order valence-corrected chi connectivity index (χ3v) is 7.51. The summed E-state index contributed by atoms with van der Waals surface area (Å²) in [5.41, 5.74) is 8.80. The summed E-state index contributed by atoms with van der Waals surface area (Å²) in [5, 5.41) is 21.9. The standard InChI is InChI=1S/C25H29FN8O/c26-16-1-4-23(35)19(11-16)21-12-22(24(27)32-31-21)33-13-17-2-3-18(14-33)34(17)25-29-10-7-20(30-25)15-5-8-28-9-6-15/h1,4,7,10-12,15,17-18,28,35H,2-3,5-6,8-9,13-14H2,(H2,27,32)/t17-,18+. The lowest BCUT2D eigenvalue weighted by Crippen LogP contribution is -2.54. The molecule has 0 saturated carbocycles. The van der Waals surface area contributed by atoms with E-state index in [-0.39, 0.29) is 17.8 Å². The van der Waals surface area contributed by atoms with Crippen LogP contribution in [0.1, 0.15) is 37.3 Å². The van der Waals surface area contributed by atoms with Crippen LogP contribution in [0.25, 0.3) is 11.3 Å². The van der Waals surface area contributed by atoms with Crippen molar-refractivity contribution in [1.82, 2.24) is 25.5 Å². The van der Waals surface area contributed by atoms with E-state index in [0.717, 1.165) is 69.2 Å². The average Bonchev–Trinajstić information content (AvgIpc) is 3.16. The zero-order valence-electron chi connectivity index (χ0n) is 19.4. The minimum atomic E-state index is -0.448. The van der Waals surface area contributed by atoms with Crippen molar-refractivity contribution in [2.24, 2.45) is 0 Å². The maximum absolute atomic E-state index is 13.8. The number of piperazine rings is 1. The third-order valence-electron chi connectivity index (χ3n) is 7.51. The van der Waals surface area contributed by atoms with Gasteiger partial charge >= 0.3 is 0 Å². The van der Waals surface area contributed by atoms with Crippen LogP contribution in [0.3, 0.4) is 0 Å². The SMILES string of the molecule is Nc1nnc(-c2cc(F)ccc2O)cc1N1C[C@H]2CC[C@@H](C1)N2c1nccc(C2CCNCC2)n1. The zero-order valence-corrected chi connectivity index (χ0v) is 19.4. The van der Waals surface area contributed by atoms with E-state index in [9.17, 15) is 9.50 Å². The van der Waals surface area contributed by atoms with Crippen LogP contribution in [0.2, 0.25) is 0 Å². The van der Waals surface area contributed by atoms with Gasteiger partial charge in [-0.3, -0.25) is 0 Å². The van der Waals surface area contributed by atoms with Gasteiger partial charge in [0.2, 0.25) is 5.95 Å². The van der Waals surface area contributed by atoms with Crippen LogP contribution >= 0.6 is 0 Å². The van der Waals surface area contributed by atoms with E-state index in [1.807, 2.05) is 6.20 Å². The van der Waals surface area contributed by atoms with Gasteiger partial charge in [0.1, 0.15) is 11.6 Å². The van der Waals surface area contributed by atoms with Gasteiger partial charge < -0.3 is 26.0 Å². The summed E-state index contributed by atoms with van der Waals surface area (Å²) in [4.78, 5) is 14.3. The number of nitrogens with one attached hydrogen (secondary N) is 1. The number of phenolic OH excluding ortho intramolecular Hbond substituents is 1. The van der Waals surface area contributed by atoms with E-state index >= 15 is 0 Å². The number of fused-ring (bicyclic) bond motifs is 2. The van der Waals surface area contributed by atoms with Crippen LogP contribution in [0.5, 0.6) is 5.75 Å². The quantitative estimate of drug-likeness (QED) is 0.523. The van der Waals surface area contributed by atoms with Crippen molar-refractivity contribution in [2.45, 2.75) is 43.7 Å². The number of aromatic hydroxyl groups is 1. The van der Waals surface area contributed by atoms with Gasteiger partial charge in [-0.1, -0.05) is 0 Å². The van der Waals surface area contributed by atoms with Crippen molar-refractivity contribution in [2.75, 3.05) is 41.7 Å². The molecule has 35 heavy (non-hydrogen) atoms. The maximum Gasteiger partial charge on any atom is 0.226 e. The second-order valence-electron chi connectivity index (χ2n) is 9.66. The number of piperidine rings is 1. The minimum Gasteiger partial charge on any atom is -0.507 e. The van der Waals surface area contributed by atoms with Crippen LogP contribution < -0.4 is 20.9 Å². The molecule has 3 aromatic rings. The molecule has 182 valence electrons. The summed E-state index contributed by atoms with van der Waals surface area (Å²) in [6, 6.07) is 8.16. The molecule has 2 atom stereocenters. The maximum atomic E-state index is 13.8. The Kier molecular flexibility index (Phi) is 5.60. The van der Waals surface area contributed by atoms with Crippen molar-refractivity contribution < 1.29 is 9.50 Å². The lowest BCUT2D eigenvalue weighted by atomic mass is 9.94. The molecule has 2 aromatic heterocycles. The molecule has 0 spiro atoms. The van der Waals surface area contributed by atoms with Crippen molar-refractivity contribution in [3.8, 4) is 17.0 Å². The van der Waals surface area contributed by atoms with Crippen molar-refractivity contribution >= 4 is 17.5 Å². The molecule has 3 fully saturated rings. The topological polar surface area (TPSA) is 116 Å². The summed E-state index contributed by atoms with van der Waals surface area (Å²) in [6.45, 7) is 3.57. The Balaban J connectivity index is 1.26. The Bertz CT molecular complexity index is 1220. The highest BCUT2D eigenvalue weighted by molar-refractivity contribution is 5.74. The number of hydrogen-bond acceptors (Lipinski definition) is 9. The number of anilines is 3. The Morgan fingerprint density at radius 2 is 1.77 bits per heavy atom. The van der Waals surface area contributed by atoms with E-state index in [1.54, 1.807) is 6.07 Å². The molecule has 0 unspecified atom stereocenters. The zero-order chi connectivity index (χ0) is 23.9. The fourth-order valence-corrected chi connectivity index (χ4v) is 5.75. The molecule has 4 N–H and O–H groups in total. The summed E-state index contributed by atoms with van der Waals surface area (Å²) >= 11 is 0. The first-order valence-corrected chi connectivity index (χ1v) is 12.3. The van der Waals surface area contributed by atoms with E-state index < -0.39 is 5.82 Å². The Morgan fingerprint density at radius 1 is 1.00 bits per heavy atom. The predicted octanol–water partition coefficient (Wildman–Crippen LogP) is 2.69. The number of phenols is 1. The van der Waals surface area contributed by atoms with Crippen LogP contribution in [0, 0.1) is 5.82 Å². The fraction of sp³-hybridized carbons (Fsp3) is 0.440. The molecule has 3 saturated heterocycles. The van der Waals surface area contributed by atoms with Crippen LogP contribution in [0.4, 0.5) is 21.8 Å². The number of nitrogens with two attached hydrogens (primary N) is 1.